The second-order valence-electron chi connectivity index (χ2n) is 6.68. The third-order valence-electron chi connectivity index (χ3n) is 4.85. The first kappa shape index (κ1) is 18.4. The lowest BCUT2D eigenvalue weighted by molar-refractivity contribution is 0.0740. The molecule has 3 aromatic rings. The van der Waals surface area contributed by atoms with Gasteiger partial charge in [-0.15, -0.1) is 0 Å². The number of para-hydroxylation sites is 1. The van der Waals surface area contributed by atoms with E-state index in [-0.39, 0.29) is 5.91 Å². The predicted molar refractivity (Wildman–Crippen MR) is 111 cm³/mol. The number of pyridine rings is 2. The minimum atomic E-state index is -0.0744. The first-order valence-electron chi connectivity index (χ1n) is 9.42. The Bertz CT molecular complexity index is 1020. The second kappa shape index (κ2) is 8.40. The topological polar surface area (TPSA) is 85.2 Å². The van der Waals surface area contributed by atoms with Crippen LogP contribution in [-0.2, 0) is 0 Å². The fraction of sp³-hybridized carbons (Fsp3) is 0.182. The monoisotopic (exact) mass is 384 g/mol. The molecule has 0 bridgehead atoms. The highest BCUT2D eigenvalue weighted by Crippen LogP contribution is 2.20. The summed E-state index contributed by atoms with van der Waals surface area (Å²) in [5, 5.41) is 12.4. The van der Waals surface area contributed by atoms with Crippen LogP contribution in [-0.4, -0.2) is 47.0 Å². The van der Waals surface area contributed by atoms with Crippen molar-refractivity contribution < 1.29 is 4.79 Å². The van der Waals surface area contributed by atoms with Crippen LogP contribution >= 0.6 is 0 Å². The Hall–Kier alpha value is -3.92. The van der Waals surface area contributed by atoms with Crippen LogP contribution in [0.5, 0.6) is 0 Å². The predicted octanol–water partition coefficient (Wildman–Crippen LogP) is 3.05. The van der Waals surface area contributed by atoms with Gasteiger partial charge in [0.1, 0.15) is 17.6 Å². The van der Waals surface area contributed by atoms with E-state index in [2.05, 4.69) is 26.3 Å². The Labute approximate surface area is 169 Å². The lowest BCUT2D eigenvalue weighted by Gasteiger charge is -2.35. The van der Waals surface area contributed by atoms with E-state index < -0.39 is 0 Å². The van der Waals surface area contributed by atoms with Gasteiger partial charge in [-0.3, -0.25) is 4.79 Å². The molecule has 7 nitrogen and oxygen atoms in total. The van der Waals surface area contributed by atoms with E-state index in [1.165, 1.54) is 0 Å². The molecule has 0 atom stereocenters. The molecule has 1 aliphatic rings. The van der Waals surface area contributed by atoms with Gasteiger partial charge in [0.2, 0.25) is 0 Å². The molecule has 1 fully saturated rings. The van der Waals surface area contributed by atoms with E-state index in [9.17, 15) is 10.1 Å². The van der Waals surface area contributed by atoms with Crippen LogP contribution in [0.25, 0.3) is 0 Å². The first-order valence-corrected chi connectivity index (χ1v) is 9.42. The highest BCUT2D eigenvalue weighted by atomic mass is 16.2. The number of rotatable bonds is 4. The Morgan fingerprint density at radius 3 is 2.45 bits per heavy atom. The first-order chi connectivity index (χ1) is 14.2. The molecule has 0 radical (unpaired) electrons. The van der Waals surface area contributed by atoms with Gasteiger partial charge >= 0.3 is 0 Å². The van der Waals surface area contributed by atoms with E-state index >= 15 is 0 Å². The maximum Gasteiger partial charge on any atom is 0.272 e. The molecule has 7 heteroatoms. The zero-order valence-electron chi connectivity index (χ0n) is 15.8. The van der Waals surface area contributed by atoms with Crippen LogP contribution in [0.3, 0.4) is 0 Å². The van der Waals surface area contributed by atoms with E-state index in [4.69, 9.17) is 0 Å². The summed E-state index contributed by atoms with van der Waals surface area (Å²) in [4.78, 5) is 25.5. The van der Waals surface area contributed by atoms with Crippen molar-refractivity contribution in [2.45, 2.75) is 0 Å². The lowest BCUT2D eigenvalue weighted by atomic mass is 10.2. The molecule has 1 amide bonds. The summed E-state index contributed by atoms with van der Waals surface area (Å²) in [5.74, 6) is 0.862. The van der Waals surface area contributed by atoms with E-state index in [1.807, 2.05) is 41.3 Å². The van der Waals surface area contributed by atoms with Crippen LogP contribution < -0.4 is 10.2 Å². The van der Waals surface area contributed by atoms with Gasteiger partial charge in [0.15, 0.2) is 0 Å². The standard InChI is InChI=1S/C22H20N6O/c23-15-17-5-1-2-6-19(17)26-18-8-9-20(25-16-18)22(29)28-13-11-27(12-14-28)21-7-3-4-10-24-21/h1-10,16,26H,11-14H2. The number of aromatic nitrogens is 2. The molecule has 4 rings (SSSR count). The average Bonchev–Trinajstić information content (AvgIpc) is 2.80. The van der Waals surface area contributed by atoms with E-state index in [0.29, 0.717) is 30.0 Å². The summed E-state index contributed by atoms with van der Waals surface area (Å²) >= 11 is 0. The van der Waals surface area contributed by atoms with Crippen molar-refractivity contribution in [2.75, 3.05) is 36.4 Å². The maximum absolute atomic E-state index is 12.8. The number of hydrogen-bond donors (Lipinski definition) is 1. The number of hydrogen-bond acceptors (Lipinski definition) is 6. The molecule has 3 heterocycles. The van der Waals surface area contributed by atoms with Gasteiger partial charge in [0.25, 0.3) is 5.91 Å². The van der Waals surface area contributed by atoms with Crippen molar-refractivity contribution in [3.05, 3.63) is 78.2 Å². The van der Waals surface area contributed by atoms with E-state index in [1.54, 1.807) is 30.6 Å². The van der Waals surface area contributed by atoms with Crippen molar-refractivity contribution in [3.8, 4) is 6.07 Å². The molecule has 1 saturated heterocycles. The van der Waals surface area contributed by atoms with Gasteiger partial charge in [0, 0.05) is 32.4 Å². The van der Waals surface area contributed by atoms with Crippen LogP contribution in [0.1, 0.15) is 16.1 Å². The molecule has 0 spiro atoms. The zero-order valence-corrected chi connectivity index (χ0v) is 15.8. The number of nitriles is 1. The molecule has 0 saturated carbocycles. The lowest BCUT2D eigenvalue weighted by Crippen LogP contribution is -2.49. The summed E-state index contributed by atoms with van der Waals surface area (Å²) in [7, 11) is 0. The molecule has 1 aliphatic heterocycles. The van der Waals surface area contributed by atoms with Gasteiger partial charge in [-0.2, -0.15) is 5.26 Å². The smallest absolute Gasteiger partial charge is 0.272 e. The number of carbonyl (C=O) groups is 1. The second-order valence-corrected chi connectivity index (χ2v) is 6.68. The minimum Gasteiger partial charge on any atom is -0.353 e. The quantitative estimate of drug-likeness (QED) is 0.744. The van der Waals surface area contributed by atoms with Crippen molar-refractivity contribution >= 4 is 23.1 Å². The van der Waals surface area contributed by atoms with Crippen molar-refractivity contribution in [1.29, 1.82) is 5.26 Å². The Kier molecular flexibility index (Phi) is 5.34. The third-order valence-corrected chi connectivity index (χ3v) is 4.85. The van der Waals surface area contributed by atoms with E-state index in [0.717, 1.165) is 24.6 Å². The number of nitrogens with zero attached hydrogens (tertiary/aromatic N) is 5. The fourth-order valence-electron chi connectivity index (χ4n) is 3.28. The summed E-state index contributed by atoms with van der Waals surface area (Å²) < 4.78 is 0. The van der Waals surface area contributed by atoms with Gasteiger partial charge < -0.3 is 15.1 Å². The number of anilines is 3. The Balaban J connectivity index is 1.38. The number of benzene rings is 1. The van der Waals surface area contributed by atoms with Crippen molar-refractivity contribution in [1.82, 2.24) is 14.9 Å². The summed E-state index contributed by atoms with van der Waals surface area (Å²) in [6, 6.07) is 18.8. The SMILES string of the molecule is N#Cc1ccccc1Nc1ccc(C(=O)N2CCN(c3ccccn3)CC2)nc1. The van der Waals surface area contributed by atoms with Gasteiger partial charge in [-0.1, -0.05) is 18.2 Å². The highest BCUT2D eigenvalue weighted by molar-refractivity contribution is 5.92. The molecule has 0 unspecified atom stereocenters. The minimum absolute atomic E-state index is 0.0744. The molecule has 1 N–H and O–H groups in total. The Morgan fingerprint density at radius 1 is 0.966 bits per heavy atom. The maximum atomic E-state index is 12.8. The molecule has 0 aliphatic carbocycles. The molecule has 2 aromatic heterocycles. The number of piperazine rings is 1. The molecule has 144 valence electrons. The highest BCUT2D eigenvalue weighted by Gasteiger charge is 2.23. The van der Waals surface area contributed by atoms with Crippen LogP contribution in [0.4, 0.5) is 17.2 Å². The number of amides is 1. The fourth-order valence-corrected chi connectivity index (χ4v) is 3.28. The molecule has 29 heavy (non-hydrogen) atoms. The van der Waals surface area contributed by atoms with Crippen LogP contribution in [0.2, 0.25) is 0 Å². The molecular formula is C22H20N6O. The van der Waals surface area contributed by atoms with Gasteiger partial charge in [-0.25, -0.2) is 9.97 Å². The molecule has 1 aromatic carbocycles. The van der Waals surface area contributed by atoms with Gasteiger partial charge in [0.05, 0.1) is 23.1 Å². The van der Waals surface area contributed by atoms with Gasteiger partial charge in [-0.05, 0) is 36.4 Å². The van der Waals surface area contributed by atoms with Crippen LogP contribution in [0, 0.1) is 11.3 Å². The molecular weight excluding hydrogens is 364 g/mol. The van der Waals surface area contributed by atoms with Crippen LogP contribution in [0.15, 0.2) is 67.0 Å². The summed E-state index contributed by atoms with van der Waals surface area (Å²) in [6.07, 6.45) is 3.40. The summed E-state index contributed by atoms with van der Waals surface area (Å²) in [6.45, 7) is 2.75. The average molecular weight is 384 g/mol. The summed E-state index contributed by atoms with van der Waals surface area (Å²) in [5.41, 5.74) is 2.40. The number of carbonyl (C=O) groups excluding carboxylic acids is 1. The third kappa shape index (κ3) is 4.17. The normalized spacial score (nSPS) is 13.6. The zero-order chi connectivity index (χ0) is 20.1. The number of nitrogens with one attached hydrogen (secondary N) is 1. The Morgan fingerprint density at radius 2 is 1.76 bits per heavy atom. The largest absolute Gasteiger partial charge is 0.353 e. The van der Waals surface area contributed by atoms with Crippen molar-refractivity contribution in [2.24, 2.45) is 0 Å². The van der Waals surface area contributed by atoms with Crippen molar-refractivity contribution in [3.63, 3.8) is 0 Å².